The van der Waals surface area contributed by atoms with Gasteiger partial charge in [-0.1, -0.05) is 6.42 Å². The van der Waals surface area contributed by atoms with Gasteiger partial charge in [0.15, 0.2) is 0 Å². The molecule has 0 saturated carbocycles. The van der Waals surface area contributed by atoms with Crippen LogP contribution in [0, 0.1) is 0 Å². The van der Waals surface area contributed by atoms with Gasteiger partial charge in [-0.25, -0.2) is 9.36 Å². The third kappa shape index (κ3) is 11.4. The molecule has 0 spiro atoms. The summed E-state index contributed by atoms with van der Waals surface area (Å²) in [6.07, 6.45) is 1.63. The van der Waals surface area contributed by atoms with Crippen LogP contribution in [0.5, 0.6) is 0 Å². The summed E-state index contributed by atoms with van der Waals surface area (Å²) in [5.41, 5.74) is 10.5. The fraction of sp³-hybridized carbons (Fsp3) is 0.833. The molecule has 0 aromatic carbocycles. The molecule has 15 heavy (non-hydrogen) atoms. The van der Waals surface area contributed by atoms with E-state index in [0.717, 1.165) is 0 Å². The Bertz CT molecular complexity index is 239. The number of hydrogen-bond donors (Lipinski definition) is 4. The van der Waals surface area contributed by atoms with Crippen LogP contribution >= 0.6 is 7.82 Å². The van der Waals surface area contributed by atoms with Crippen molar-refractivity contribution in [2.75, 3.05) is 6.54 Å². The average Bonchev–Trinajstić information content (AvgIpc) is 2.01. The van der Waals surface area contributed by atoms with E-state index in [-0.39, 0.29) is 52.8 Å². The first-order chi connectivity index (χ1) is 6.37. The van der Waals surface area contributed by atoms with E-state index in [1.54, 1.807) is 0 Å². The van der Waals surface area contributed by atoms with Crippen LogP contribution in [0.2, 0.25) is 0 Å². The zero-order chi connectivity index (χ0) is 11.2. The Balaban J connectivity index is -0.000000845. The summed E-state index contributed by atoms with van der Waals surface area (Å²) < 4.78 is 14.1. The third-order valence-electron chi connectivity index (χ3n) is 1.48. The van der Waals surface area contributed by atoms with Crippen molar-refractivity contribution < 1.29 is 76.5 Å². The number of phosphoric ester groups is 1. The van der Waals surface area contributed by atoms with Gasteiger partial charge < -0.3 is 17.4 Å². The maximum absolute atomic E-state index is 10.9. The third-order valence-corrected chi connectivity index (χ3v) is 1.90. The topological polar surface area (TPSA) is 136 Å². The van der Waals surface area contributed by atoms with Crippen LogP contribution in [0.3, 0.4) is 0 Å². The molecule has 0 unspecified atom stereocenters. The molecule has 0 aromatic rings. The van der Waals surface area contributed by atoms with E-state index in [4.69, 9.17) is 21.3 Å². The van der Waals surface area contributed by atoms with Crippen LogP contribution in [0.4, 0.5) is 0 Å². The molecule has 0 aliphatic carbocycles. The first-order valence-electron chi connectivity index (χ1n) is 4.11. The van der Waals surface area contributed by atoms with Gasteiger partial charge in [0.05, 0.1) is 0 Å². The van der Waals surface area contributed by atoms with Crippen LogP contribution in [0.1, 0.15) is 20.7 Å². The minimum absolute atomic E-state index is 0. The minimum Gasteiger partial charge on any atom is -1.00 e. The molecule has 1 atom stereocenters. The van der Waals surface area contributed by atoms with Crippen molar-refractivity contribution in [1.29, 1.82) is 0 Å². The molecule has 0 aliphatic heterocycles. The smallest absolute Gasteiger partial charge is 1.00 e. The van der Waals surface area contributed by atoms with Gasteiger partial charge in [-0.3, -0.25) is 9.79 Å². The quantitative estimate of drug-likeness (QED) is 0.220. The second-order valence-electron chi connectivity index (χ2n) is 2.79. The van der Waals surface area contributed by atoms with Gasteiger partial charge in [0, 0.05) is 0 Å². The zero-order valence-corrected chi connectivity index (χ0v) is 12.6. The summed E-state index contributed by atoms with van der Waals surface area (Å²) in [5.74, 6) is -1.09. The van der Waals surface area contributed by atoms with Gasteiger partial charge in [-0.2, -0.15) is 0 Å². The summed E-state index contributed by atoms with van der Waals surface area (Å²) in [6, 6.07) is -1.01. The fourth-order valence-corrected chi connectivity index (χ4v) is 1.18. The number of phosphoric acid groups is 1. The minimum atomic E-state index is -4.77. The van der Waals surface area contributed by atoms with Crippen molar-refractivity contribution >= 4 is 13.8 Å². The summed E-state index contributed by atoms with van der Waals surface area (Å²) >= 11 is 0. The molecule has 0 aliphatic rings. The largest absolute Gasteiger partial charge is 1.00 e. The van der Waals surface area contributed by atoms with Crippen molar-refractivity contribution in [1.82, 2.24) is 0 Å². The van der Waals surface area contributed by atoms with Crippen molar-refractivity contribution in [3.8, 4) is 0 Å². The van der Waals surface area contributed by atoms with Crippen LogP contribution in [-0.4, -0.2) is 28.3 Å². The predicted molar refractivity (Wildman–Crippen MR) is 50.1 cm³/mol. The maximum Gasteiger partial charge on any atom is 1.00 e. The molecule has 0 bridgehead atoms. The Labute approximate surface area is 132 Å². The van der Waals surface area contributed by atoms with Crippen molar-refractivity contribution in [2.45, 2.75) is 25.3 Å². The molecule has 9 heteroatoms. The Morgan fingerprint density at radius 1 is 1.47 bits per heavy atom. The van der Waals surface area contributed by atoms with Crippen molar-refractivity contribution in [2.24, 2.45) is 11.5 Å². The van der Waals surface area contributed by atoms with E-state index in [9.17, 15) is 9.36 Å². The normalized spacial score (nSPS) is 12.8. The second-order valence-corrected chi connectivity index (χ2v) is 3.96. The van der Waals surface area contributed by atoms with Crippen LogP contribution in [0.15, 0.2) is 0 Å². The molecule has 0 saturated heterocycles. The monoisotopic (exact) mass is 266 g/mol. The summed E-state index contributed by atoms with van der Waals surface area (Å²) in [4.78, 5) is 27.5. The van der Waals surface area contributed by atoms with E-state index in [2.05, 4.69) is 4.52 Å². The van der Waals surface area contributed by atoms with Gasteiger partial charge in [0.2, 0.25) is 0 Å². The second kappa shape index (κ2) is 9.23. The van der Waals surface area contributed by atoms with Gasteiger partial charge in [0.25, 0.3) is 0 Å². The molecule has 6 N–H and O–H groups in total. The average molecular weight is 266 g/mol. The molecular formula is C6H16KN2O5P. The van der Waals surface area contributed by atoms with Gasteiger partial charge in [0.1, 0.15) is 6.04 Å². The molecule has 0 amide bonds. The molecule has 7 nitrogen and oxygen atoms in total. The molecule has 0 fully saturated rings. The number of nitrogens with two attached hydrogens (primary N) is 2. The summed E-state index contributed by atoms with van der Waals surface area (Å²) in [7, 11) is -4.77. The molecule has 0 heterocycles. The number of carbonyl (C=O) groups excluding carboxylic acids is 1. The van der Waals surface area contributed by atoms with Crippen molar-refractivity contribution in [3.63, 3.8) is 0 Å². The molecular weight excluding hydrogens is 250 g/mol. The SMILES string of the molecule is NCCCC[C@H](N)C(=O)OP(=O)(O)O.[H-].[K+]. The zero-order valence-electron chi connectivity index (χ0n) is 9.63. The van der Waals surface area contributed by atoms with E-state index < -0.39 is 19.8 Å². The summed E-state index contributed by atoms with van der Waals surface area (Å²) in [5, 5.41) is 0. The van der Waals surface area contributed by atoms with E-state index in [0.29, 0.717) is 25.8 Å². The van der Waals surface area contributed by atoms with E-state index in [1.165, 1.54) is 0 Å². The number of rotatable bonds is 6. The Hall–Kier alpha value is 1.18. The molecule has 0 radical (unpaired) electrons. The van der Waals surface area contributed by atoms with Crippen LogP contribution < -0.4 is 62.9 Å². The number of unbranched alkanes of at least 4 members (excludes halogenated alkanes) is 1. The molecule has 86 valence electrons. The first-order valence-corrected chi connectivity index (χ1v) is 5.64. The van der Waals surface area contributed by atoms with Crippen LogP contribution in [0.25, 0.3) is 0 Å². The van der Waals surface area contributed by atoms with Gasteiger partial charge in [-0.15, -0.1) is 0 Å². The van der Waals surface area contributed by atoms with E-state index in [1.807, 2.05) is 0 Å². The Morgan fingerprint density at radius 2 is 2.00 bits per heavy atom. The fourth-order valence-electron chi connectivity index (χ4n) is 0.811. The predicted octanol–water partition coefficient (Wildman–Crippen LogP) is -3.80. The standard InChI is InChI=1S/C6H15N2O5P.K.H/c7-4-2-1-3-5(8)6(9)13-14(10,11)12;;/h5H,1-4,7-8H2,(H2,10,11,12);;/q;+1;-1/t5-;;/m0../s1. The Kier molecular flexibility index (Phi) is 11.4. The summed E-state index contributed by atoms with van der Waals surface area (Å²) in [6.45, 7) is 0.486. The van der Waals surface area contributed by atoms with Crippen molar-refractivity contribution in [3.05, 3.63) is 0 Å². The van der Waals surface area contributed by atoms with Crippen LogP contribution in [-0.2, 0) is 13.9 Å². The molecule has 0 rings (SSSR count). The van der Waals surface area contributed by atoms with Gasteiger partial charge in [-0.05, 0) is 19.4 Å². The molecule has 0 aromatic heterocycles. The number of carbonyl (C=O) groups is 1. The Morgan fingerprint density at radius 3 is 2.40 bits per heavy atom. The first kappa shape index (κ1) is 18.5. The van der Waals surface area contributed by atoms with E-state index >= 15 is 0 Å². The number of hydrogen-bond acceptors (Lipinski definition) is 5. The van der Waals surface area contributed by atoms with Gasteiger partial charge >= 0.3 is 65.2 Å². The maximum atomic E-state index is 10.9.